The molecule has 0 aliphatic carbocycles. The van der Waals surface area contributed by atoms with Crippen molar-refractivity contribution in [1.29, 1.82) is 0 Å². The van der Waals surface area contributed by atoms with Gasteiger partial charge in [0.1, 0.15) is 0 Å². The number of carboxylic acids is 1. The third-order valence-corrected chi connectivity index (χ3v) is 2.46. The van der Waals surface area contributed by atoms with Crippen LogP contribution >= 0.6 is 15.9 Å². The molecule has 5 heteroatoms. The molecule has 0 saturated carbocycles. The predicted octanol–water partition coefficient (Wildman–Crippen LogP) is 2.25. The van der Waals surface area contributed by atoms with Crippen molar-refractivity contribution in [2.45, 2.75) is 12.8 Å². The van der Waals surface area contributed by atoms with E-state index in [0.717, 1.165) is 10.0 Å². The van der Waals surface area contributed by atoms with Crippen LogP contribution in [0.4, 0.5) is 0 Å². The van der Waals surface area contributed by atoms with Gasteiger partial charge in [-0.15, -0.1) is 0 Å². The molecule has 0 heterocycles. The minimum Gasteiger partial charge on any atom is -0.481 e. The molecule has 0 aromatic heterocycles. The lowest BCUT2D eigenvalue weighted by molar-refractivity contribution is -0.136. The molecule has 0 unspecified atom stereocenters. The average Bonchev–Trinajstić information content (AvgIpc) is 2.24. The number of halogens is 1. The van der Waals surface area contributed by atoms with Gasteiger partial charge >= 0.3 is 11.9 Å². The highest BCUT2D eigenvalue weighted by Crippen LogP contribution is 2.17. The maximum atomic E-state index is 11.3. The second-order valence-electron chi connectivity index (χ2n) is 3.23. The van der Waals surface area contributed by atoms with Crippen LogP contribution in [-0.4, -0.2) is 24.2 Å². The van der Waals surface area contributed by atoms with E-state index in [2.05, 4.69) is 20.7 Å². The van der Waals surface area contributed by atoms with Crippen LogP contribution in [0.5, 0.6) is 0 Å². The van der Waals surface area contributed by atoms with Crippen LogP contribution in [0.2, 0.25) is 0 Å². The number of benzene rings is 1. The molecule has 0 aliphatic rings. The van der Waals surface area contributed by atoms with Gasteiger partial charge in [-0.1, -0.05) is 15.9 Å². The summed E-state index contributed by atoms with van der Waals surface area (Å²) in [5.41, 5.74) is 1.20. The molecule has 0 bridgehead atoms. The van der Waals surface area contributed by atoms with Gasteiger partial charge in [-0.05, 0) is 30.2 Å². The molecular formula is C11H11BrO4. The molecule has 0 saturated heterocycles. The molecule has 16 heavy (non-hydrogen) atoms. The topological polar surface area (TPSA) is 63.6 Å². The Hall–Kier alpha value is -1.36. The summed E-state index contributed by atoms with van der Waals surface area (Å²) in [6.07, 6.45) is 0.426. The molecule has 0 radical (unpaired) electrons. The summed E-state index contributed by atoms with van der Waals surface area (Å²) in [5, 5.41) is 8.57. The Morgan fingerprint density at radius 1 is 1.38 bits per heavy atom. The van der Waals surface area contributed by atoms with E-state index in [1.54, 1.807) is 18.2 Å². The van der Waals surface area contributed by atoms with E-state index in [1.807, 2.05) is 0 Å². The van der Waals surface area contributed by atoms with Gasteiger partial charge < -0.3 is 9.84 Å². The summed E-state index contributed by atoms with van der Waals surface area (Å²) in [6, 6.07) is 5.06. The highest BCUT2D eigenvalue weighted by Gasteiger charge is 2.08. The van der Waals surface area contributed by atoms with Crippen LogP contribution in [-0.2, 0) is 16.0 Å². The summed E-state index contributed by atoms with van der Waals surface area (Å²) >= 11 is 3.26. The van der Waals surface area contributed by atoms with E-state index in [4.69, 9.17) is 5.11 Å². The fourth-order valence-electron chi connectivity index (χ4n) is 1.28. The van der Waals surface area contributed by atoms with E-state index in [9.17, 15) is 9.59 Å². The van der Waals surface area contributed by atoms with Crippen LogP contribution in [0.25, 0.3) is 0 Å². The molecule has 0 amide bonds. The Balaban J connectivity index is 2.89. The van der Waals surface area contributed by atoms with E-state index in [1.165, 1.54) is 7.11 Å². The van der Waals surface area contributed by atoms with Gasteiger partial charge in [0.25, 0.3) is 0 Å². The Morgan fingerprint density at radius 2 is 2.06 bits per heavy atom. The van der Waals surface area contributed by atoms with Gasteiger partial charge in [0.15, 0.2) is 0 Å². The zero-order valence-corrected chi connectivity index (χ0v) is 10.3. The first-order valence-corrected chi connectivity index (χ1v) is 5.42. The number of ether oxygens (including phenoxy) is 1. The Labute approximate surface area is 101 Å². The minimum absolute atomic E-state index is 0.0388. The van der Waals surface area contributed by atoms with Crippen molar-refractivity contribution < 1.29 is 19.4 Å². The van der Waals surface area contributed by atoms with Crippen molar-refractivity contribution in [1.82, 2.24) is 0 Å². The van der Waals surface area contributed by atoms with Gasteiger partial charge in [0.2, 0.25) is 0 Å². The molecule has 4 nitrogen and oxygen atoms in total. The lowest BCUT2D eigenvalue weighted by Crippen LogP contribution is -2.03. The number of aliphatic carboxylic acids is 1. The fraction of sp³-hybridized carbons (Fsp3) is 0.273. The Kier molecular flexibility index (Phi) is 4.49. The first kappa shape index (κ1) is 12.7. The smallest absolute Gasteiger partial charge is 0.337 e. The van der Waals surface area contributed by atoms with Crippen molar-refractivity contribution >= 4 is 27.9 Å². The second-order valence-corrected chi connectivity index (χ2v) is 4.15. The fourth-order valence-corrected chi connectivity index (χ4v) is 1.82. The number of esters is 1. The molecule has 0 atom stereocenters. The number of carboxylic acid groups (broad SMARTS) is 1. The van der Waals surface area contributed by atoms with Gasteiger partial charge in [0, 0.05) is 10.9 Å². The lowest BCUT2D eigenvalue weighted by atomic mass is 10.1. The number of hydrogen-bond donors (Lipinski definition) is 1. The second kappa shape index (κ2) is 5.65. The SMILES string of the molecule is COC(=O)c1cc(Br)cc(CCC(=O)O)c1. The molecule has 0 spiro atoms. The van der Waals surface area contributed by atoms with Crippen LogP contribution in [0.15, 0.2) is 22.7 Å². The summed E-state index contributed by atoms with van der Waals surface area (Å²) in [6.45, 7) is 0. The average molecular weight is 287 g/mol. The van der Waals surface area contributed by atoms with E-state index in [-0.39, 0.29) is 6.42 Å². The summed E-state index contributed by atoms with van der Waals surface area (Å²) in [7, 11) is 1.31. The van der Waals surface area contributed by atoms with Crippen molar-refractivity contribution in [3.63, 3.8) is 0 Å². The van der Waals surface area contributed by atoms with Crippen molar-refractivity contribution in [3.05, 3.63) is 33.8 Å². The number of rotatable bonds is 4. The number of hydrogen-bond acceptors (Lipinski definition) is 3. The zero-order chi connectivity index (χ0) is 12.1. The maximum absolute atomic E-state index is 11.3. The van der Waals surface area contributed by atoms with Crippen molar-refractivity contribution in [2.24, 2.45) is 0 Å². The van der Waals surface area contributed by atoms with Crippen LogP contribution < -0.4 is 0 Å². The molecular weight excluding hydrogens is 276 g/mol. The molecule has 0 aliphatic heterocycles. The van der Waals surface area contributed by atoms with Gasteiger partial charge in [0.05, 0.1) is 12.7 Å². The molecule has 0 fully saturated rings. The first-order valence-electron chi connectivity index (χ1n) is 4.62. The molecule has 1 N–H and O–H groups in total. The number of methoxy groups -OCH3 is 1. The summed E-state index contributed by atoms with van der Waals surface area (Å²) in [5.74, 6) is -1.29. The standard InChI is InChI=1S/C11H11BrO4/c1-16-11(15)8-4-7(2-3-10(13)14)5-9(12)6-8/h4-6H,2-3H2,1H3,(H,13,14). The third kappa shape index (κ3) is 3.66. The van der Waals surface area contributed by atoms with Crippen LogP contribution in [0.1, 0.15) is 22.3 Å². The summed E-state index contributed by atoms with van der Waals surface area (Å²) < 4.78 is 5.33. The molecule has 1 rings (SSSR count). The number of carbonyl (C=O) groups excluding carboxylic acids is 1. The third-order valence-electron chi connectivity index (χ3n) is 2.01. The van der Waals surface area contributed by atoms with Crippen LogP contribution in [0.3, 0.4) is 0 Å². The lowest BCUT2D eigenvalue weighted by Gasteiger charge is -2.04. The Morgan fingerprint density at radius 3 is 2.62 bits per heavy atom. The zero-order valence-electron chi connectivity index (χ0n) is 8.70. The highest BCUT2D eigenvalue weighted by atomic mass is 79.9. The summed E-state index contributed by atoms with van der Waals surface area (Å²) in [4.78, 5) is 21.7. The predicted molar refractivity (Wildman–Crippen MR) is 61.4 cm³/mol. The maximum Gasteiger partial charge on any atom is 0.337 e. The van der Waals surface area contributed by atoms with Gasteiger partial charge in [-0.3, -0.25) is 4.79 Å². The number of carbonyl (C=O) groups is 2. The molecule has 1 aromatic carbocycles. The van der Waals surface area contributed by atoms with E-state index in [0.29, 0.717) is 12.0 Å². The van der Waals surface area contributed by atoms with Gasteiger partial charge in [-0.2, -0.15) is 0 Å². The van der Waals surface area contributed by atoms with E-state index >= 15 is 0 Å². The Bertz CT molecular complexity index is 414. The monoisotopic (exact) mass is 286 g/mol. The van der Waals surface area contributed by atoms with Crippen molar-refractivity contribution in [3.8, 4) is 0 Å². The van der Waals surface area contributed by atoms with Crippen molar-refractivity contribution in [2.75, 3.05) is 7.11 Å². The quantitative estimate of drug-likeness (QED) is 0.863. The minimum atomic E-state index is -0.861. The van der Waals surface area contributed by atoms with E-state index < -0.39 is 11.9 Å². The largest absolute Gasteiger partial charge is 0.481 e. The normalized spacial score (nSPS) is 9.88. The first-order chi connectivity index (χ1) is 7.52. The highest BCUT2D eigenvalue weighted by molar-refractivity contribution is 9.10. The molecule has 1 aromatic rings. The van der Waals surface area contributed by atoms with Crippen LogP contribution in [0, 0.1) is 0 Å². The number of aryl methyl sites for hydroxylation is 1. The van der Waals surface area contributed by atoms with Gasteiger partial charge in [-0.25, -0.2) is 4.79 Å². The molecule has 86 valence electrons.